The maximum absolute atomic E-state index is 9.92. The molecule has 0 heterocycles. The summed E-state index contributed by atoms with van der Waals surface area (Å²) in [5.74, 6) is 4.14. The lowest BCUT2D eigenvalue weighted by molar-refractivity contribution is 0.0390. The van der Waals surface area contributed by atoms with E-state index >= 15 is 0 Å². The summed E-state index contributed by atoms with van der Waals surface area (Å²) in [6.45, 7) is 7.31. The van der Waals surface area contributed by atoms with Crippen molar-refractivity contribution in [2.24, 2.45) is 35.0 Å². The van der Waals surface area contributed by atoms with Gasteiger partial charge in [-0.2, -0.15) is 0 Å². The number of fused-ring (bicyclic) bond motifs is 5. The molecule has 3 fully saturated rings. The van der Waals surface area contributed by atoms with Crippen LogP contribution in [0.4, 0.5) is 0 Å². The van der Waals surface area contributed by atoms with Crippen molar-refractivity contribution in [3.05, 3.63) is 0 Å². The predicted octanol–water partition coefficient (Wildman–Crippen LogP) is 2.69. The van der Waals surface area contributed by atoms with E-state index in [0.717, 1.165) is 30.1 Å². The van der Waals surface area contributed by atoms with Crippen LogP contribution in [0.2, 0.25) is 0 Å². The lowest BCUT2D eigenvalue weighted by Crippen LogP contribution is -2.34. The molecule has 0 radical (unpaired) electrons. The fraction of sp³-hybridized carbons (Fsp3) is 1.00. The second-order valence-corrected chi connectivity index (χ2v) is 6.61. The zero-order valence-electron chi connectivity index (χ0n) is 9.53. The summed E-state index contributed by atoms with van der Waals surface area (Å²) in [6.07, 6.45) is 3.84. The van der Waals surface area contributed by atoms with E-state index in [1.165, 1.54) is 12.8 Å². The summed E-state index contributed by atoms with van der Waals surface area (Å²) in [5, 5.41) is 9.92. The van der Waals surface area contributed by atoms with Gasteiger partial charge < -0.3 is 5.11 Å². The number of aliphatic hydroxyl groups is 1. The van der Waals surface area contributed by atoms with Crippen LogP contribution in [0.25, 0.3) is 0 Å². The molecule has 3 aliphatic rings. The highest BCUT2D eigenvalue weighted by Gasteiger charge is 2.61. The summed E-state index contributed by atoms with van der Waals surface area (Å²) in [5.41, 5.74) is 0.532. The molecule has 0 aromatic carbocycles. The fourth-order valence-electron chi connectivity index (χ4n) is 4.98. The van der Waals surface area contributed by atoms with Gasteiger partial charge in [0.2, 0.25) is 0 Å². The Morgan fingerprint density at radius 1 is 1.07 bits per heavy atom. The van der Waals surface area contributed by atoms with Crippen LogP contribution in [0.15, 0.2) is 0 Å². The molecule has 14 heavy (non-hydrogen) atoms. The van der Waals surface area contributed by atoms with E-state index in [2.05, 4.69) is 20.8 Å². The molecule has 80 valence electrons. The maximum Gasteiger partial charge on any atom is 0.0574 e. The first-order chi connectivity index (χ1) is 6.51. The lowest BCUT2D eigenvalue weighted by atomic mass is 9.69. The van der Waals surface area contributed by atoms with Crippen molar-refractivity contribution in [1.29, 1.82) is 0 Å². The molecular weight excluding hydrogens is 172 g/mol. The van der Waals surface area contributed by atoms with E-state index in [0.29, 0.717) is 11.3 Å². The van der Waals surface area contributed by atoms with Gasteiger partial charge in [-0.05, 0) is 54.3 Å². The van der Waals surface area contributed by atoms with Crippen molar-refractivity contribution in [1.82, 2.24) is 0 Å². The molecule has 3 saturated carbocycles. The third kappa shape index (κ3) is 0.900. The molecule has 2 bridgehead atoms. The maximum atomic E-state index is 9.92. The standard InChI is InChI=1S/C13H22O/c1-7-4-10-9-5-8(6-11(9)14)12(10)13(7,2)3/h7-12,14H,4-6H2,1-3H3. The van der Waals surface area contributed by atoms with E-state index in [-0.39, 0.29) is 6.10 Å². The second-order valence-electron chi connectivity index (χ2n) is 6.61. The molecule has 0 saturated heterocycles. The average molecular weight is 194 g/mol. The average Bonchev–Trinajstić information content (AvgIpc) is 2.65. The third-order valence-corrected chi connectivity index (χ3v) is 5.89. The number of rotatable bonds is 0. The molecule has 1 nitrogen and oxygen atoms in total. The first kappa shape index (κ1) is 9.21. The molecular formula is C13H22O. The van der Waals surface area contributed by atoms with Gasteiger partial charge in [-0.25, -0.2) is 0 Å². The molecule has 0 amide bonds. The van der Waals surface area contributed by atoms with Crippen LogP contribution in [-0.2, 0) is 0 Å². The Balaban J connectivity index is 1.94. The quantitative estimate of drug-likeness (QED) is 0.628. The van der Waals surface area contributed by atoms with Gasteiger partial charge in [-0.1, -0.05) is 20.8 Å². The Morgan fingerprint density at radius 2 is 1.79 bits per heavy atom. The summed E-state index contributed by atoms with van der Waals surface area (Å²) in [7, 11) is 0. The zero-order valence-corrected chi connectivity index (χ0v) is 9.53. The first-order valence-corrected chi connectivity index (χ1v) is 6.20. The zero-order chi connectivity index (χ0) is 10.1. The molecule has 3 aliphatic carbocycles. The van der Waals surface area contributed by atoms with Gasteiger partial charge in [0.25, 0.3) is 0 Å². The van der Waals surface area contributed by atoms with Crippen LogP contribution in [0.5, 0.6) is 0 Å². The second kappa shape index (κ2) is 2.55. The van der Waals surface area contributed by atoms with Crippen molar-refractivity contribution >= 4 is 0 Å². The Morgan fingerprint density at radius 3 is 2.50 bits per heavy atom. The summed E-state index contributed by atoms with van der Waals surface area (Å²) >= 11 is 0. The Kier molecular flexibility index (Phi) is 1.68. The third-order valence-electron chi connectivity index (χ3n) is 5.89. The lowest BCUT2D eigenvalue weighted by Gasteiger charge is -2.37. The van der Waals surface area contributed by atoms with Gasteiger partial charge in [-0.3, -0.25) is 0 Å². The van der Waals surface area contributed by atoms with Crippen molar-refractivity contribution in [3.63, 3.8) is 0 Å². The minimum absolute atomic E-state index is 0.0438. The van der Waals surface area contributed by atoms with Crippen LogP contribution in [0.1, 0.15) is 40.0 Å². The molecule has 1 N–H and O–H groups in total. The monoisotopic (exact) mass is 194 g/mol. The molecule has 0 spiro atoms. The highest BCUT2D eigenvalue weighted by molar-refractivity contribution is 5.10. The van der Waals surface area contributed by atoms with Crippen LogP contribution in [0, 0.1) is 35.0 Å². The van der Waals surface area contributed by atoms with Gasteiger partial charge in [0.15, 0.2) is 0 Å². The van der Waals surface area contributed by atoms with E-state index in [1.54, 1.807) is 0 Å². The largest absolute Gasteiger partial charge is 0.393 e. The van der Waals surface area contributed by atoms with Gasteiger partial charge >= 0.3 is 0 Å². The minimum Gasteiger partial charge on any atom is -0.393 e. The van der Waals surface area contributed by atoms with Crippen LogP contribution in [0.3, 0.4) is 0 Å². The summed E-state index contributed by atoms with van der Waals surface area (Å²) in [4.78, 5) is 0. The van der Waals surface area contributed by atoms with Gasteiger partial charge in [-0.15, -0.1) is 0 Å². The van der Waals surface area contributed by atoms with E-state index in [4.69, 9.17) is 0 Å². The van der Waals surface area contributed by atoms with Gasteiger partial charge in [0, 0.05) is 0 Å². The van der Waals surface area contributed by atoms with Crippen molar-refractivity contribution in [3.8, 4) is 0 Å². The topological polar surface area (TPSA) is 20.2 Å². The summed E-state index contributed by atoms with van der Waals surface area (Å²) < 4.78 is 0. The van der Waals surface area contributed by atoms with Crippen LogP contribution in [-0.4, -0.2) is 11.2 Å². The molecule has 0 aromatic heterocycles. The van der Waals surface area contributed by atoms with Crippen molar-refractivity contribution in [2.45, 2.75) is 46.1 Å². The molecule has 0 aliphatic heterocycles. The molecule has 6 atom stereocenters. The van der Waals surface area contributed by atoms with Gasteiger partial charge in [0.1, 0.15) is 0 Å². The van der Waals surface area contributed by atoms with E-state index < -0.39 is 0 Å². The van der Waals surface area contributed by atoms with Crippen LogP contribution >= 0.6 is 0 Å². The number of aliphatic hydroxyl groups excluding tert-OH is 1. The number of hydrogen-bond acceptors (Lipinski definition) is 1. The van der Waals surface area contributed by atoms with Gasteiger partial charge in [0.05, 0.1) is 6.10 Å². The minimum atomic E-state index is 0.0438. The van der Waals surface area contributed by atoms with Crippen molar-refractivity contribution in [2.75, 3.05) is 0 Å². The summed E-state index contributed by atoms with van der Waals surface area (Å²) in [6, 6.07) is 0. The Labute approximate surface area is 86.9 Å². The smallest absolute Gasteiger partial charge is 0.0574 e. The first-order valence-electron chi connectivity index (χ1n) is 6.20. The Hall–Kier alpha value is -0.0400. The number of hydrogen-bond donors (Lipinski definition) is 1. The normalized spacial score (nSPS) is 59.1. The van der Waals surface area contributed by atoms with E-state index in [1.807, 2.05) is 0 Å². The molecule has 1 heteroatoms. The van der Waals surface area contributed by atoms with Crippen molar-refractivity contribution < 1.29 is 5.11 Å². The molecule has 3 rings (SSSR count). The SMILES string of the molecule is CC1CC2C3CC(CC3O)C2C1(C)C. The molecule has 0 aromatic rings. The highest BCUT2D eigenvalue weighted by Crippen LogP contribution is 2.66. The fourth-order valence-corrected chi connectivity index (χ4v) is 4.98. The van der Waals surface area contributed by atoms with E-state index in [9.17, 15) is 5.11 Å². The van der Waals surface area contributed by atoms with Crippen LogP contribution < -0.4 is 0 Å². The Bertz CT molecular complexity index is 258. The predicted molar refractivity (Wildman–Crippen MR) is 56.8 cm³/mol. The highest BCUT2D eigenvalue weighted by atomic mass is 16.3. The molecule has 6 unspecified atom stereocenters.